The Balaban J connectivity index is 2.34. The van der Waals surface area contributed by atoms with Crippen molar-refractivity contribution in [3.63, 3.8) is 0 Å². The van der Waals surface area contributed by atoms with Gasteiger partial charge in [0.25, 0.3) is 11.6 Å². The monoisotopic (exact) mass is 366 g/mol. The first-order chi connectivity index (χ1) is 12.4. The van der Waals surface area contributed by atoms with E-state index in [1.807, 2.05) is 0 Å². The van der Waals surface area contributed by atoms with Gasteiger partial charge < -0.3 is 25.4 Å². The number of nitro groups is 1. The van der Waals surface area contributed by atoms with Crippen molar-refractivity contribution in [3.8, 4) is 5.75 Å². The number of amides is 2. The van der Waals surface area contributed by atoms with Gasteiger partial charge in [-0.05, 0) is 25.3 Å². The second-order valence-electron chi connectivity index (χ2n) is 5.89. The van der Waals surface area contributed by atoms with Crippen LogP contribution in [0.2, 0.25) is 0 Å². The Hall–Kier alpha value is -3.04. The van der Waals surface area contributed by atoms with E-state index in [0.717, 1.165) is 12.8 Å². The topological polar surface area (TPSA) is 137 Å². The molecular weight excluding hydrogens is 344 g/mol. The third-order valence-corrected chi connectivity index (χ3v) is 4.19. The van der Waals surface area contributed by atoms with E-state index in [2.05, 4.69) is 5.32 Å². The van der Waals surface area contributed by atoms with Crippen LogP contribution in [0.4, 0.5) is 16.2 Å². The van der Waals surface area contributed by atoms with Gasteiger partial charge in [-0.2, -0.15) is 0 Å². The van der Waals surface area contributed by atoms with Gasteiger partial charge in [0.15, 0.2) is 5.69 Å². The van der Waals surface area contributed by atoms with Crippen LogP contribution in [-0.4, -0.2) is 55.2 Å². The van der Waals surface area contributed by atoms with Gasteiger partial charge in [0.1, 0.15) is 11.9 Å². The number of hydrogen-bond acceptors (Lipinski definition) is 7. The molecule has 0 unspecified atom stereocenters. The number of nitrogens with zero attached hydrogens (tertiary/aromatic N) is 2. The minimum atomic E-state index is -0.889. The van der Waals surface area contributed by atoms with E-state index in [4.69, 9.17) is 15.2 Å². The van der Waals surface area contributed by atoms with Crippen molar-refractivity contribution in [3.05, 3.63) is 27.8 Å². The number of nitrogens with one attached hydrogen (secondary N) is 1. The standard InChI is InChI=1S/C16H22N4O6/c1-18-14-12(20(23)24)7-10(8-13(14)25-2)15(21)19-6-4-3-5-11(9-19)26-16(17)22/h7-8,11,18H,3-6,9H2,1-2H3,(H2,17,22)/t11-/m1/s1. The molecule has 0 aromatic heterocycles. The van der Waals surface area contributed by atoms with Crippen molar-refractivity contribution in [2.75, 3.05) is 32.6 Å². The van der Waals surface area contributed by atoms with E-state index in [-0.39, 0.29) is 29.2 Å². The number of methoxy groups -OCH3 is 1. The second-order valence-corrected chi connectivity index (χ2v) is 5.89. The predicted molar refractivity (Wildman–Crippen MR) is 93.4 cm³/mol. The number of carbonyl (C=O) groups is 2. The van der Waals surface area contributed by atoms with Gasteiger partial charge in [-0.1, -0.05) is 0 Å². The Morgan fingerprint density at radius 2 is 2.12 bits per heavy atom. The number of nitrogens with two attached hydrogens (primary N) is 1. The van der Waals surface area contributed by atoms with Crippen molar-refractivity contribution >= 4 is 23.4 Å². The maximum absolute atomic E-state index is 12.9. The lowest BCUT2D eigenvalue weighted by Gasteiger charge is -2.24. The minimum absolute atomic E-state index is 0.132. The van der Waals surface area contributed by atoms with E-state index in [1.54, 1.807) is 0 Å². The second kappa shape index (κ2) is 8.37. The van der Waals surface area contributed by atoms with Crippen LogP contribution < -0.4 is 15.8 Å². The predicted octanol–water partition coefficient (Wildman–Crippen LogP) is 1.74. The lowest BCUT2D eigenvalue weighted by molar-refractivity contribution is -0.384. The molecule has 1 aliphatic rings. The van der Waals surface area contributed by atoms with Crippen molar-refractivity contribution in [2.24, 2.45) is 5.73 Å². The fourth-order valence-electron chi connectivity index (χ4n) is 3.01. The fraction of sp³-hybridized carbons (Fsp3) is 0.500. The molecule has 2 amide bonds. The van der Waals surface area contributed by atoms with Crippen LogP contribution in [-0.2, 0) is 4.74 Å². The van der Waals surface area contributed by atoms with Crippen molar-refractivity contribution in [2.45, 2.75) is 25.4 Å². The first kappa shape index (κ1) is 19.3. The number of anilines is 1. The number of nitro benzene ring substituents is 1. The molecule has 1 heterocycles. The molecule has 26 heavy (non-hydrogen) atoms. The largest absolute Gasteiger partial charge is 0.494 e. The minimum Gasteiger partial charge on any atom is -0.494 e. The first-order valence-electron chi connectivity index (χ1n) is 8.17. The van der Waals surface area contributed by atoms with Crippen LogP contribution in [0.5, 0.6) is 5.75 Å². The Morgan fingerprint density at radius 3 is 2.69 bits per heavy atom. The highest BCUT2D eigenvalue weighted by atomic mass is 16.6. The highest BCUT2D eigenvalue weighted by Gasteiger charge is 2.28. The van der Waals surface area contributed by atoms with E-state index >= 15 is 0 Å². The number of likely N-dealkylation sites (tertiary alicyclic amines) is 1. The van der Waals surface area contributed by atoms with Crippen molar-refractivity contribution < 1.29 is 24.0 Å². The zero-order valence-electron chi connectivity index (χ0n) is 14.7. The van der Waals surface area contributed by atoms with Crippen LogP contribution in [0.3, 0.4) is 0 Å². The number of carbonyl (C=O) groups excluding carboxylic acids is 2. The number of primary amides is 1. The summed E-state index contributed by atoms with van der Waals surface area (Å²) in [7, 11) is 2.91. The molecule has 0 radical (unpaired) electrons. The Morgan fingerprint density at radius 1 is 1.38 bits per heavy atom. The summed E-state index contributed by atoms with van der Waals surface area (Å²) in [4.78, 5) is 36.2. The number of ether oxygens (including phenoxy) is 2. The highest BCUT2D eigenvalue weighted by molar-refractivity contribution is 5.97. The smallest absolute Gasteiger partial charge is 0.404 e. The van der Waals surface area contributed by atoms with Gasteiger partial charge >= 0.3 is 6.09 Å². The average molecular weight is 366 g/mol. The summed E-state index contributed by atoms with van der Waals surface area (Å²) in [5.41, 5.74) is 5.14. The molecule has 1 fully saturated rings. The molecule has 0 bridgehead atoms. The first-order valence-corrected chi connectivity index (χ1v) is 8.17. The average Bonchev–Trinajstić information content (AvgIpc) is 2.84. The van der Waals surface area contributed by atoms with Crippen LogP contribution >= 0.6 is 0 Å². The molecule has 1 aromatic carbocycles. The van der Waals surface area contributed by atoms with E-state index in [0.29, 0.717) is 13.0 Å². The molecule has 1 aliphatic heterocycles. The maximum atomic E-state index is 12.9. The van der Waals surface area contributed by atoms with Crippen LogP contribution in [0, 0.1) is 10.1 Å². The molecule has 0 spiro atoms. The van der Waals surface area contributed by atoms with Gasteiger partial charge in [-0.25, -0.2) is 4.79 Å². The maximum Gasteiger partial charge on any atom is 0.404 e. The van der Waals surface area contributed by atoms with Crippen LogP contribution in [0.25, 0.3) is 0 Å². The van der Waals surface area contributed by atoms with Gasteiger partial charge in [-0.15, -0.1) is 0 Å². The molecule has 0 aliphatic carbocycles. The molecular formula is C16H22N4O6. The molecule has 0 saturated carbocycles. The summed E-state index contributed by atoms with van der Waals surface area (Å²) < 4.78 is 10.2. The summed E-state index contributed by atoms with van der Waals surface area (Å²) in [5, 5.41) is 14.1. The Bertz CT molecular complexity index is 708. The molecule has 142 valence electrons. The van der Waals surface area contributed by atoms with Crippen molar-refractivity contribution in [1.82, 2.24) is 4.90 Å². The summed E-state index contributed by atoms with van der Waals surface area (Å²) >= 11 is 0. The lowest BCUT2D eigenvalue weighted by Crippen LogP contribution is -2.38. The van der Waals surface area contributed by atoms with Gasteiger partial charge in [0.2, 0.25) is 0 Å². The van der Waals surface area contributed by atoms with E-state index in [9.17, 15) is 19.7 Å². The van der Waals surface area contributed by atoms with Crippen molar-refractivity contribution in [1.29, 1.82) is 0 Å². The summed E-state index contributed by atoms with van der Waals surface area (Å²) in [6, 6.07) is 2.67. The van der Waals surface area contributed by atoms with Gasteiger partial charge in [0.05, 0.1) is 24.1 Å². The third kappa shape index (κ3) is 4.32. The van der Waals surface area contributed by atoms with E-state index < -0.39 is 23.0 Å². The number of rotatable bonds is 5. The van der Waals surface area contributed by atoms with E-state index in [1.165, 1.54) is 31.2 Å². The molecule has 1 atom stereocenters. The number of benzene rings is 1. The van der Waals surface area contributed by atoms with Crippen LogP contribution in [0.1, 0.15) is 29.6 Å². The Labute approximate surface area is 150 Å². The SMILES string of the molecule is CNc1c(OC)cc(C(=O)N2CCCC[C@@H](OC(N)=O)C2)cc1[N+](=O)[O-]. The summed E-state index contributed by atoms with van der Waals surface area (Å²) in [5.74, 6) is -0.196. The lowest BCUT2D eigenvalue weighted by atomic mass is 10.1. The number of hydrogen-bond donors (Lipinski definition) is 2. The molecule has 3 N–H and O–H groups in total. The third-order valence-electron chi connectivity index (χ3n) is 4.19. The molecule has 10 nitrogen and oxygen atoms in total. The molecule has 10 heteroatoms. The van der Waals surface area contributed by atoms with Gasteiger partial charge in [0, 0.05) is 19.7 Å². The molecule has 1 aromatic rings. The molecule has 2 rings (SSSR count). The zero-order valence-corrected chi connectivity index (χ0v) is 14.7. The quantitative estimate of drug-likeness (QED) is 0.598. The summed E-state index contributed by atoms with van der Waals surface area (Å²) in [6.07, 6.45) is 0.740. The fourth-order valence-corrected chi connectivity index (χ4v) is 3.01. The Kier molecular flexibility index (Phi) is 6.21. The summed E-state index contributed by atoms with van der Waals surface area (Å²) in [6.45, 7) is 0.646. The normalized spacial score (nSPS) is 17.2. The highest BCUT2D eigenvalue weighted by Crippen LogP contribution is 2.36. The van der Waals surface area contributed by atoms with Gasteiger partial charge in [-0.3, -0.25) is 14.9 Å². The molecule has 1 saturated heterocycles. The van der Waals surface area contributed by atoms with Crippen LogP contribution in [0.15, 0.2) is 12.1 Å². The zero-order chi connectivity index (χ0) is 19.3.